The first-order chi connectivity index (χ1) is 10.9. The van der Waals surface area contributed by atoms with Gasteiger partial charge in [0.15, 0.2) is 0 Å². The molecule has 4 nitrogen and oxygen atoms in total. The number of hydrogen-bond donors (Lipinski definition) is 0. The zero-order valence-electron chi connectivity index (χ0n) is 12.3. The van der Waals surface area contributed by atoms with Gasteiger partial charge in [-0.05, 0) is 23.9 Å². The van der Waals surface area contributed by atoms with Crippen molar-refractivity contribution in [3.05, 3.63) is 83.9 Å². The van der Waals surface area contributed by atoms with Gasteiger partial charge in [-0.2, -0.15) is 0 Å². The summed E-state index contributed by atoms with van der Waals surface area (Å²) in [6.45, 7) is 0.790. The first kappa shape index (κ1) is 17.3. The van der Waals surface area contributed by atoms with Crippen LogP contribution in [0.25, 0.3) is 16.6 Å². The van der Waals surface area contributed by atoms with Gasteiger partial charge in [-0.15, -0.1) is 42.4 Å². The Hall–Kier alpha value is -2.03. The number of rotatable bonds is 6. The molecule has 0 saturated carbocycles. The summed E-state index contributed by atoms with van der Waals surface area (Å²) in [5, 5.41) is 4.31. The Morgan fingerprint density at radius 3 is 2.70 bits per heavy atom. The van der Waals surface area contributed by atoms with Gasteiger partial charge in [0.25, 0.3) is 0 Å². The fourth-order valence-electron chi connectivity index (χ4n) is 1.96. The summed E-state index contributed by atoms with van der Waals surface area (Å²) >= 11 is 0. The molecule has 0 spiro atoms. The topological polar surface area (TPSA) is 49.1 Å². The molecule has 5 heteroatoms. The molecule has 0 amide bonds. The fourth-order valence-corrected chi connectivity index (χ4v) is 1.96. The van der Waals surface area contributed by atoms with Gasteiger partial charge in [-0.3, -0.25) is 9.97 Å². The van der Waals surface area contributed by atoms with Crippen molar-refractivity contribution in [3.8, 4) is 17.1 Å². The second kappa shape index (κ2) is 9.18. The average Bonchev–Trinajstić information content (AvgIpc) is 2.61. The minimum atomic E-state index is 0. The second-order valence-electron chi connectivity index (χ2n) is 4.61. The number of ether oxygens (including phenoxy) is 1. The normalized spacial score (nSPS) is 9.91. The first-order valence-electron chi connectivity index (χ1n) is 7.02. The first-order valence-corrected chi connectivity index (χ1v) is 7.02. The van der Waals surface area contributed by atoms with Crippen LogP contribution in [0.1, 0.15) is 5.69 Å². The Balaban J connectivity index is 0.00000192. The van der Waals surface area contributed by atoms with E-state index < -0.39 is 0 Å². The number of hydrogen-bond acceptors (Lipinski definition) is 3. The molecule has 0 aliphatic heterocycles. The molecule has 0 bridgehead atoms. The SMILES string of the molecule is [Pt+2].[c-]1ccccc1-c1cccc(OC[N-]Cc2ccccn2)n1. The van der Waals surface area contributed by atoms with Crippen LogP contribution < -0.4 is 4.74 Å². The number of benzene rings is 1. The Morgan fingerprint density at radius 1 is 1.00 bits per heavy atom. The van der Waals surface area contributed by atoms with Gasteiger partial charge in [-0.1, -0.05) is 18.2 Å². The van der Waals surface area contributed by atoms with Crippen LogP contribution in [0.5, 0.6) is 5.88 Å². The Bertz CT molecular complexity index is 708. The van der Waals surface area contributed by atoms with Crippen molar-refractivity contribution in [2.45, 2.75) is 6.54 Å². The van der Waals surface area contributed by atoms with Gasteiger partial charge in [0, 0.05) is 18.6 Å². The van der Waals surface area contributed by atoms with Crippen molar-refractivity contribution >= 4 is 0 Å². The predicted molar refractivity (Wildman–Crippen MR) is 85.3 cm³/mol. The predicted octanol–water partition coefficient (Wildman–Crippen LogP) is 3.85. The summed E-state index contributed by atoms with van der Waals surface area (Å²) in [7, 11) is 0. The van der Waals surface area contributed by atoms with E-state index in [4.69, 9.17) is 4.74 Å². The van der Waals surface area contributed by atoms with E-state index in [9.17, 15) is 0 Å². The van der Waals surface area contributed by atoms with Crippen LogP contribution in [0.4, 0.5) is 0 Å². The average molecular weight is 484 g/mol. The van der Waals surface area contributed by atoms with Crippen molar-refractivity contribution < 1.29 is 25.8 Å². The van der Waals surface area contributed by atoms with Crippen molar-refractivity contribution in [3.63, 3.8) is 0 Å². The van der Waals surface area contributed by atoms with E-state index in [0.29, 0.717) is 12.4 Å². The molecule has 2 heterocycles. The number of nitrogens with zero attached hydrogens (tertiary/aromatic N) is 3. The molecule has 0 N–H and O–H groups in total. The molecular weight excluding hydrogens is 469 g/mol. The molecule has 0 aliphatic carbocycles. The summed E-state index contributed by atoms with van der Waals surface area (Å²) in [6, 6.07) is 22.3. The molecule has 0 saturated heterocycles. The molecule has 0 radical (unpaired) electrons. The Morgan fingerprint density at radius 2 is 1.91 bits per heavy atom. The maximum Gasteiger partial charge on any atom is 2.00 e. The van der Waals surface area contributed by atoms with Crippen LogP contribution in [-0.4, -0.2) is 16.7 Å². The van der Waals surface area contributed by atoms with E-state index in [2.05, 4.69) is 21.4 Å². The summed E-state index contributed by atoms with van der Waals surface area (Å²) in [4.78, 5) is 8.67. The van der Waals surface area contributed by atoms with E-state index in [1.807, 2.05) is 60.7 Å². The molecule has 0 aliphatic rings. The van der Waals surface area contributed by atoms with Crippen LogP contribution >= 0.6 is 0 Å². The van der Waals surface area contributed by atoms with Crippen molar-refractivity contribution in [1.82, 2.24) is 9.97 Å². The molecular formula is C18H15N3OPt. The second-order valence-corrected chi connectivity index (χ2v) is 4.61. The maximum atomic E-state index is 5.57. The maximum absolute atomic E-state index is 5.57. The van der Waals surface area contributed by atoms with Gasteiger partial charge in [-0.25, -0.2) is 0 Å². The van der Waals surface area contributed by atoms with Gasteiger partial charge in [0.05, 0.1) is 0 Å². The van der Waals surface area contributed by atoms with Gasteiger partial charge >= 0.3 is 21.1 Å². The van der Waals surface area contributed by atoms with E-state index in [-0.39, 0.29) is 27.8 Å². The van der Waals surface area contributed by atoms with Crippen LogP contribution in [-0.2, 0) is 27.6 Å². The minimum absolute atomic E-state index is 0. The zero-order valence-corrected chi connectivity index (χ0v) is 14.6. The molecule has 0 atom stereocenters. The molecule has 0 unspecified atom stereocenters. The quantitative estimate of drug-likeness (QED) is 0.395. The van der Waals surface area contributed by atoms with E-state index >= 15 is 0 Å². The van der Waals surface area contributed by atoms with Gasteiger partial charge < -0.3 is 10.1 Å². The van der Waals surface area contributed by atoms with Crippen LogP contribution in [0.2, 0.25) is 0 Å². The minimum Gasteiger partial charge on any atom is -0.624 e. The van der Waals surface area contributed by atoms with Gasteiger partial charge in [0.1, 0.15) is 0 Å². The van der Waals surface area contributed by atoms with Crippen molar-refractivity contribution in [1.29, 1.82) is 0 Å². The van der Waals surface area contributed by atoms with Crippen LogP contribution in [0.15, 0.2) is 66.9 Å². The van der Waals surface area contributed by atoms with Crippen molar-refractivity contribution in [2.24, 2.45) is 0 Å². The monoisotopic (exact) mass is 484 g/mol. The molecule has 1 aromatic carbocycles. The van der Waals surface area contributed by atoms with Gasteiger partial charge in [0.2, 0.25) is 5.88 Å². The van der Waals surface area contributed by atoms with Crippen molar-refractivity contribution in [2.75, 3.05) is 6.73 Å². The van der Waals surface area contributed by atoms with Crippen LogP contribution in [0.3, 0.4) is 0 Å². The molecule has 23 heavy (non-hydrogen) atoms. The largest absolute Gasteiger partial charge is 2.00 e. The van der Waals surface area contributed by atoms with Crippen LogP contribution in [0, 0.1) is 6.07 Å². The number of pyridine rings is 2. The summed E-state index contributed by atoms with van der Waals surface area (Å²) in [5.74, 6) is 0.555. The van der Waals surface area contributed by atoms with E-state index in [0.717, 1.165) is 17.0 Å². The molecule has 3 aromatic rings. The third-order valence-corrected chi connectivity index (χ3v) is 3.01. The van der Waals surface area contributed by atoms with E-state index in [1.54, 1.807) is 6.20 Å². The summed E-state index contributed by atoms with van der Waals surface area (Å²) < 4.78 is 5.57. The third kappa shape index (κ3) is 5.27. The Labute approximate surface area is 150 Å². The molecule has 3 rings (SSSR count). The smallest absolute Gasteiger partial charge is 0.624 e. The fraction of sp³-hybridized carbons (Fsp3) is 0.111. The molecule has 0 fully saturated rings. The summed E-state index contributed by atoms with van der Waals surface area (Å²) in [5.41, 5.74) is 2.70. The zero-order chi connectivity index (χ0) is 15.0. The molecule has 2 aromatic heterocycles. The van der Waals surface area contributed by atoms with E-state index in [1.165, 1.54) is 0 Å². The third-order valence-electron chi connectivity index (χ3n) is 3.01. The molecule has 118 valence electrons. The standard InChI is InChI=1S/C18H15N3O.Pt/c1-2-7-15(8-3-1)17-10-6-11-18(21-17)22-14-19-13-16-9-4-5-12-20-16;/h1-7,9-12H,13-14H2;/q-2;+2. The summed E-state index contributed by atoms with van der Waals surface area (Å²) in [6.07, 6.45) is 1.76. The Kier molecular flexibility index (Phi) is 6.92. The number of aromatic nitrogens is 2.